The number of nitrogens with one attached hydrogen (secondary N) is 2. The van der Waals surface area contributed by atoms with Crippen LogP contribution in [0.4, 0.5) is 0 Å². The van der Waals surface area contributed by atoms with Crippen LogP contribution in [0.15, 0.2) is 29.4 Å². The number of nitrogens with zero attached hydrogens (tertiary/aromatic N) is 2. The molecule has 2 aliphatic heterocycles. The number of rotatable bonds is 6. The fourth-order valence-electron chi connectivity index (χ4n) is 3.78. The van der Waals surface area contributed by atoms with Gasteiger partial charge < -0.3 is 10.2 Å². The third kappa shape index (κ3) is 4.57. The number of likely N-dealkylation sites (tertiary alicyclic amines) is 1. The lowest BCUT2D eigenvalue weighted by molar-refractivity contribution is -0.125. The Morgan fingerprint density at radius 3 is 2.72 bits per heavy atom. The number of carbonyl (C=O) groups is 2. The highest BCUT2D eigenvalue weighted by molar-refractivity contribution is 6.07. The smallest absolute Gasteiger partial charge is 0.247 e. The fourth-order valence-corrected chi connectivity index (χ4v) is 3.78. The van der Waals surface area contributed by atoms with E-state index >= 15 is 0 Å². The average molecular weight is 344 g/mol. The van der Waals surface area contributed by atoms with Gasteiger partial charge in [-0.25, -0.2) is 5.43 Å². The standard InChI is InChI=1S/C19H28N4O2/c1-2-14(13-23-10-6-3-7-11-23)20-18(24)12-17-15-8-4-5-9-16(15)19(25)22-21-17/h4-5,8-9,14-16H,2-3,6-7,10-13H2,1H3,(H,20,24)(H,22,25)/t14-,15-,16+/m1/s1. The Kier molecular flexibility index (Phi) is 6.02. The SMILES string of the molecule is CC[C@H](CN1CCCCC1)NC(=O)CC1=NNC(=O)[C@H]2C=CC=C[C@@H]12. The average Bonchev–Trinajstić information content (AvgIpc) is 2.64. The first-order valence-corrected chi connectivity index (χ1v) is 9.40. The zero-order valence-corrected chi connectivity index (χ0v) is 14.9. The molecule has 6 nitrogen and oxygen atoms in total. The van der Waals surface area contributed by atoms with E-state index in [1.165, 1.54) is 19.3 Å². The third-order valence-electron chi connectivity index (χ3n) is 5.26. The summed E-state index contributed by atoms with van der Waals surface area (Å²) >= 11 is 0. The van der Waals surface area contributed by atoms with Crippen LogP contribution in [-0.4, -0.2) is 48.1 Å². The molecule has 3 aliphatic rings. The quantitative estimate of drug-likeness (QED) is 0.769. The molecular weight excluding hydrogens is 316 g/mol. The summed E-state index contributed by atoms with van der Waals surface area (Å²) in [7, 11) is 0. The van der Waals surface area contributed by atoms with Gasteiger partial charge in [0.2, 0.25) is 11.8 Å². The first kappa shape index (κ1) is 17.9. The van der Waals surface area contributed by atoms with Crippen LogP contribution in [-0.2, 0) is 9.59 Å². The van der Waals surface area contributed by atoms with E-state index in [9.17, 15) is 9.59 Å². The summed E-state index contributed by atoms with van der Waals surface area (Å²) in [4.78, 5) is 26.9. The molecule has 2 amide bonds. The van der Waals surface area contributed by atoms with Crippen molar-refractivity contribution in [2.24, 2.45) is 16.9 Å². The van der Waals surface area contributed by atoms with Crippen molar-refractivity contribution in [3.63, 3.8) is 0 Å². The summed E-state index contributed by atoms with van der Waals surface area (Å²) in [5.74, 6) is -0.473. The number of hydrogen-bond acceptors (Lipinski definition) is 4. The molecule has 0 aromatic heterocycles. The largest absolute Gasteiger partial charge is 0.352 e. The van der Waals surface area contributed by atoms with Crippen LogP contribution in [0.2, 0.25) is 0 Å². The van der Waals surface area contributed by atoms with Crippen molar-refractivity contribution in [3.05, 3.63) is 24.3 Å². The summed E-state index contributed by atoms with van der Waals surface area (Å²) < 4.78 is 0. The van der Waals surface area contributed by atoms with Gasteiger partial charge in [0.15, 0.2) is 0 Å². The van der Waals surface area contributed by atoms with E-state index in [1.54, 1.807) is 0 Å². The van der Waals surface area contributed by atoms with Crippen LogP contribution in [0, 0.1) is 11.8 Å². The van der Waals surface area contributed by atoms with Crippen LogP contribution in [0.3, 0.4) is 0 Å². The van der Waals surface area contributed by atoms with Gasteiger partial charge >= 0.3 is 0 Å². The highest BCUT2D eigenvalue weighted by Gasteiger charge is 2.34. The fraction of sp³-hybridized carbons (Fsp3) is 0.632. The topological polar surface area (TPSA) is 73.8 Å². The number of carbonyl (C=O) groups excluding carboxylic acids is 2. The van der Waals surface area contributed by atoms with Gasteiger partial charge in [0.05, 0.1) is 18.1 Å². The molecule has 1 aliphatic carbocycles. The van der Waals surface area contributed by atoms with Gasteiger partial charge in [-0.15, -0.1) is 0 Å². The van der Waals surface area contributed by atoms with Crippen molar-refractivity contribution in [3.8, 4) is 0 Å². The number of fused-ring (bicyclic) bond motifs is 1. The van der Waals surface area contributed by atoms with Crippen LogP contribution < -0.4 is 10.7 Å². The lowest BCUT2D eigenvalue weighted by atomic mass is 9.82. The first-order valence-electron chi connectivity index (χ1n) is 9.40. The van der Waals surface area contributed by atoms with Crippen LogP contribution in [0.5, 0.6) is 0 Å². The van der Waals surface area contributed by atoms with Gasteiger partial charge in [-0.3, -0.25) is 9.59 Å². The molecule has 3 atom stereocenters. The molecular formula is C19H28N4O2. The molecule has 2 N–H and O–H groups in total. The second-order valence-electron chi connectivity index (χ2n) is 7.11. The third-order valence-corrected chi connectivity index (χ3v) is 5.26. The minimum Gasteiger partial charge on any atom is -0.352 e. The molecule has 0 spiro atoms. The molecule has 6 heteroatoms. The maximum atomic E-state index is 12.5. The maximum absolute atomic E-state index is 12.5. The molecule has 0 saturated carbocycles. The Bertz CT molecular complexity index is 590. The number of hydrogen-bond donors (Lipinski definition) is 2. The predicted octanol–water partition coefficient (Wildman–Crippen LogP) is 1.60. The zero-order chi connectivity index (χ0) is 17.6. The molecule has 0 unspecified atom stereocenters. The highest BCUT2D eigenvalue weighted by Crippen LogP contribution is 2.25. The second kappa shape index (κ2) is 8.43. The van der Waals surface area contributed by atoms with Crippen molar-refractivity contribution in [2.75, 3.05) is 19.6 Å². The molecule has 0 bridgehead atoms. The van der Waals surface area contributed by atoms with E-state index in [0.717, 1.165) is 31.8 Å². The van der Waals surface area contributed by atoms with Crippen molar-refractivity contribution < 1.29 is 9.59 Å². The van der Waals surface area contributed by atoms with Crippen molar-refractivity contribution >= 4 is 17.5 Å². The van der Waals surface area contributed by atoms with Gasteiger partial charge in [0.1, 0.15) is 0 Å². The molecule has 0 aromatic carbocycles. The number of amides is 2. The summed E-state index contributed by atoms with van der Waals surface area (Å²) in [6.07, 6.45) is 12.6. The highest BCUT2D eigenvalue weighted by atomic mass is 16.2. The van der Waals surface area contributed by atoms with Crippen molar-refractivity contribution in [1.29, 1.82) is 0 Å². The lowest BCUT2D eigenvalue weighted by Gasteiger charge is -2.31. The lowest BCUT2D eigenvalue weighted by Crippen LogP contribution is -2.47. The van der Waals surface area contributed by atoms with E-state index in [-0.39, 0.29) is 36.1 Å². The van der Waals surface area contributed by atoms with E-state index in [2.05, 4.69) is 27.7 Å². The Balaban J connectivity index is 1.54. The summed E-state index contributed by atoms with van der Waals surface area (Å²) in [5, 5.41) is 7.30. The van der Waals surface area contributed by atoms with Crippen molar-refractivity contribution in [2.45, 2.75) is 45.1 Å². The number of allylic oxidation sites excluding steroid dienone is 3. The number of piperidine rings is 1. The van der Waals surface area contributed by atoms with E-state index in [4.69, 9.17) is 0 Å². The van der Waals surface area contributed by atoms with Gasteiger partial charge in [0.25, 0.3) is 0 Å². The van der Waals surface area contributed by atoms with Crippen LogP contribution in [0.25, 0.3) is 0 Å². The van der Waals surface area contributed by atoms with Crippen molar-refractivity contribution in [1.82, 2.24) is 15.6 Å². The molecule has 136 valence electrons. The summed E-state index contributed by atoms with van der Waals surface area (Å²) in [6.45, 7) is 5.29. The minimum absolute atomic E-state index is 0.0135. The van der Waals surface area contributed by atoms with Gasteiger partial charge in [-0.2, -0.15) is 5.10 Å². The Morgan fingerprint density at radius 2 is 2.00 bits per heavy atom. The van der Waals surface area contributed by atoms with E-state index < -0.39 is 0 Å². The Labute approximate surface area is 149 Å². The molecule has 3 rings (SSSR count). The summed E-state index contributed by atoms with van der Waals surface area (Å²) in [5.41, 5.74) is 3.28. The predicted molar refractivity (Wildman–Crippen MR) is 98.0 cm³/mol. The van der Waals surface area contributed by atoms with Crippen LogP contribution in [0.1, 0.15) is 39.0 Å². The Morgan fingerprint density at radius 1 is 1.28 bits per heavy atom. The molecule has 2 heterocycles. The zero-order valence-electron chi connectivity index (χ0n) is 14.9. The van der Waals surface area contributed by atoms with E-state index in [1.807, 2.05) is 24.3 Å². The molecule has 1 saturated heterocycles. The molecule has 0 aromatic rings. The van der Waals surface area contributed by atoms with Gasteiger partial charge in [-0.1, -0.05) is 37.6 Å². The van der Waals surface area contributed by atoms with E-state index in [0.29, 0.717) is 0 Å². The van der Waals surface area contributed by atoms with Crippen LogP contribution >= 0.6 is 0 Å². The second-order valence-corrected chi connectivity index (χ2v) is 7.11. The molecule has 25 heavy (non-hydrogen) atoms. The monoisotopic (exact) mass is 344 g/mol. The first-order chi connectivity index (χ1) is 12.2. The van der Waals surface area contributed by atoms with Gasteiger partial charge in [-0.05, 0) is 32.4 Å². The van der Waals surface area contributed by atoms with Gasteiger partial charge in [0, 0.05) is 18.5 Å². The maximum Gasteiger partial charge on any atom is 0.247 e. The normalized spacial score (nSPS) is 27.2. The molecule has 0 radical (unpaired) electrons. The summed E-state index contributed by atoms with van der Waals surface area (Å²) in [6, 6.07) is 0.168. The Hall–Kier alpha value is -1.95. The minimum atomic E-state index is -0.249. The number of hydrazone groups is 1. The molecule has 1 fully saturated rings.